The molecule has 2 rings (SSSR count). The molecule has 2 aromatic carbocycles. The van der Waals surface area contributed by atoms with Crippen molar-refractivity contribution in [2.24, 2.45) is 0 Å². The molecule has 0 saturated heterocycles. The Morgan fingerprint density at radius 3 is 2.33 bits per heavy atom. The Balaban J connectivity index is 2.02. The van der Waals surface area contributed by atoms with Gasteiger partial charge in [-0.3, -0.25) is 0 Å². The van der Waals surface area contributed by atoms with Gasteiger partial charge in [-0.05, 0) is 45.3 Å². The lowest BCUT2D eigenvalue weighted by Gasteiger charge is -2.09. The van der Waals surface area contributed by atoms with Crippen LogP contribution in [0, 0.1) is 0 Å². The molecule has 0 aliphatic carbocycles. The van der Waals surface area contributed by atoms with Gasteiger partial charge in [0.1, 0.15) is 0 Å². The second kappa shape index (κ2) is 5.89. The van der Waals surface area contributed by atoms with Crippen molar-refractivity contribution in [1.82, 2.24) is 0 Å². The average Bonchev–Trinajstić information content (AvgIpc) is 2.38. The fourth-order valence-corrected chi connectivity index (χ4v) is 2.17. The summed E-state index contributed by atoms with van der Waals surface area (Å²) in [5.74, 6) is 0. The molecule has 0 aliphatic heterocycles. The van der Waals surface area contributed by atoms with Crippen molar-refractivity contribution in [3.63, 3.8) is 0 Å². The maximum atomic E-state index is 8.97. The van der Waals surface area contributed by atoms with Crippen molar-refractivity contribution < 1.29 is 5.11 Å². The van der Waals surface area contributed by atoms with Gasteiger partial charge >= 0.3 is 0 Å². The number of halogens is 1. The quantitative estimate of drug-likeness (QED) is 0.761. The molecule has 94 valence electrons. The summed E-state index contributed by atoms with van der Waals surface area (Å²) in [4.78, 5) is 0. The molecule has 0 spiro atoms. The molecule has 4 heteroatoms. The van der Waals surface area contributed by atoms with Crippen molar-refractivity contribution >= 4 is 27.3 Å². The maximum Gasteiger partial charge on any atom is 0.0681 e. The third kappa shape index (κ3) is 3.24. The SMILES string of the molecule is Nc1ccc(NCc2ccc(CO)cc2)c(Br)c1. The van der Waals surface area contributed by atoms with E-state index in [1.807, 2.05) is 42.5 Å². The van der Waals surface area contributed by atoms with E-state index in [4.69, 9.17) is 10.8 Å². The number of aliphatic hydroxyl groups is 1. The molecule has 0 fully saturated rings. The van der Waals surface area contributed by atoms with E-state index in [0.717, 1.165) is 33.5 Å². The van der Waals surface area contributed by atoms with Crippen LogP contribution in [0.1, 0.15) is 11.1 Å². The third-order valence-corrected chi connectivity index (χ3v) is 3.34. The number of nitrogen functional groups attached to an aromatic ring is 1. The van der Waals surface area contributed by atoms with Crippen molar-refractivity contribution in [1.29, 1.82) is 0 Å². The zero-order valence-corrected chi connectivity index (χ0v) is 11.4. The van der Waals surface area contributed by atoms with E-state index in [1.54, 1.807) is 0 Å². The van der Waals surface area contributed by atoms with Crippen LogP contribution in [0.4, 0.5) is 11.4 Å². The van der Waals surface area contributed by atoms with Crippen LogP contribution in [0.2, 0.25) is 0 Å². The number of anilines is 2. The molecule has 2 aromatic rings. The monoisotopic (exact) mass is 306 g/mol. The Morgan fingerprint density at radius 2 is 1.72 bits per heavy atom. The highest BCUT2D eigenvalue weighted by molar-refractivity contribution is 9.10. The standard InChI is InChI=1S/C14H15BrN2O/c15-13-7-12(16)5-6-14(13)17-8-10-1-3-11(9-18)4-2-10/h1-7,17-18H,8-9,16H2. The minimum Gasteiger partial charge on any atom is -0.399 e. The first-order chi connectivity index (χ1) is 8.69. The van der Waals surface area contributed by atoms with Crippen molar-refractivity contribution in [3.8, 4) is 0 Å². The average molecular weight is 307 g/mol. The van der Waals surface area contributed by atoms with Gasteiger partial charge in [0.15, 0.2) is 0 Å². The highest BCUT2D eigenvalue weighted by atomic mass is 79.9. The van der Waals surface area contributed by atoms with Crippen molar-refractivity contribution in [2.45, 2.75) is 13.2 Å². The van der Waals surface area contributed by atoms with E-state index in [1.165, 1.54) is 0 Å². The molecule has 0 unspecified atom stereocenters. The molecule has 4 N–H and O–H groups in total. The van der Waals surface area contributed by atoms with E-state index in [0.29, 0.717) is 0 Å². The van der Waals surface area contributed by atoms with E-state index in [-0.39, 0.29) is 6.61 Å². The van der Waals surface area contributed by atoms with Crippen molar-refractivity contribution in [2.75, 3.05) is 11.1 Å². The van der Waals surface area contributed by atoms with Gasteiger partial charge in [-0.1, -0.05) is 24.3 Å². The highest BCUT2D eigenvalue weighted by Crippen LogP contribution is 2.25. The van der Waals surface area contributed by atoms with Gasteiger partial charge in [-0.25, -0.2) is 0 Å². The topological polar surface area (TPSA) is 58.3 Å². The summed E-state index contributed by atoms with van der Waals surface area (Å²) in [5.41, 5.74) is 9.52. The Hall–Kier alpha value is -1.52. The summed E-state index contributed by atoms with van der Waals surface area (Å²) in [6.45, 7) is 0.811. The molecular weight excluding hydrogens is 292 g/mol. The summed E-state index contributed by atoms with van der Waals surface area (Å²) >= 11 is 3.47. The molecule has 18 heavy (non-hydrogen) atoms. The van der Waals surface area contributed by atoms with Gasteiger partial charge in [0.2, 0.25) is 0 Å². The minimum absolute atomic E-state index is 0.0806. The smallest absolute Gasteiger partial charge is 0.0681 e. The molecule has 3 nitrogen and oxygen atoms in total. The Labute approximate surface area is 115 Å². The number of nitrogens with one attached hydrogen (secondary N) is 1. The first-order valence-corrected chi connectivity index (χ1v) is 6.46. The fourth-order valence-electron chi connectivity index (χ4n) is 1.63. The summed E-state index contributed by atoms with van der Waals surface area (Å²) in [6.07, 6.45) is 0. The van der Waals surface area contributed by atoms with Crippen LogP contribution >= 0.6 is 15.9 Å². The highest BCUT2D eigenvalue weighted by Gasteiger charge is 2.00. The zero-order chi connectivity index (χ0) is 13.0. The number of hydrogen-bond acceptors (Lipinski definition) is 3. The first-order valence-electron chi connectivity index (χ1n) is 5.66. The fraction of sp³-hybridized carbons (Fsp3) is 0.143. The predicted molar refractivity (Wildman–Crippen MR) is 78.2 cm³/mol. The van der Waals surface area contributed by atoms with Crippen LogP contribution in [-0.2, 0) is 13.2 Å². The van der Waals surface area contributed by atoms with E-state index in [2.05, 4.69) is 21.2 Å². The first kappa shape index (κ1) is 12.9. The van der Waals surface area contributed by atoms with Gasteiger partial charge in [-0.2, -0.15) is 0 Å². The molecule has 0 aromatic heterocycles. The summed E-state index contributed by atoms with van der Waals surface area (Å²) in [6, 6.07) is 13.5. The summed E-state index contributed by atoms with van der Waals surface area (Å²) in [5, 5.41) is 12.3. The lowest BCUT2D eigenvalue weighted by Crippen LogP contribution is -2.00. The van der Waals surface area contributed by atoms with Gasteiger partial charge in [-0.15, -0.1) is 0 Å². The van der Waals surface area contributed by atoms with Gasteiger partial charge in [0, 0.05) is 22.4 Å². The molecule has 0 atom stereocenters. The zero-order valence-electron chi connectivity index (χ0n) is 9.86. The van der Waals surface area contributed by atoms with Crippen LogP contribution < -0.4 is 11.1 Å². The predicted octanol–water partition coefficient (Wildman–Crippen LogP) is 3.14. The number of hydrogen-bond donors (Lipinski definition) is 3. The minimum atomic E-state index is 0.0806. The molecule has 0 bridgehead atoms. The summed E-state index contributed by atoms with van der Waals surface area (Å²) < 4.78 is 0.953. The Morgan fingerprint density at radius 1 is 1.06 bits per heavy atom. The maximum absolute atomic E-state index is 8.97. The molecule has 0 amide bonds. The molecular formula is C14H15BrN2O. The second-order valence-electron chi connectivity index (χ2n) is 4.07. The number of nitrogens with two attached hydrogens (primary N) is 1. The van der Waals surface area contributed by atoms with Gasteiger partial charge in [0.25, 0.3) is 0 Å². The number of aliphatic hydroxyl groups excluding tert-OH is 1. The van der Waals surface area contributed by atoms with Crippen LogP contribution in [0.5, 0.6) is 0 Å². The van der Waals surface area contributed by atoms with Crippen LogP contribution in [-0.4, -0.2) is 5.11 Å². The van der Waals surface area contributed by atoms with Crippen LogP contribution in [0.3, 0.4) is 0 Å². The molecule has 0 radical (unpaired) electrons. The lowest BCUT2D eigenvalue weighted by atomic mass is 10.1. The lowest BCUT2D eigenvalue weighted by molar-refractivity contribution is 0.282. The van der Waals surface area contributed by atoms with E-state index >= 15 is 0 Å². The van der Waals surface area contributed by atoms with Crippen molar-refractivity contribution in [3.05, 3.63) is 58.1 Å². The number of rotatable bonds is 4. The Bertz CT molecular complexity index is 526. The third-order valence-electron chi connectivity index (χ3n) is 2.68. The number of benzene rings is 2. The molecule has 0 saturated carbocycles. The second-order valence-corrected chi connectivity index (χ2v) is 4.92. The normalized spacial score (nSPS) is 10.3. The van der Waals surface area contributed by atoms with Crippen LogP contribution in [0.15, 0.2) is 46.9 Å². The van der Waals surface area contributed by atoms with E-state index < -0.39 is 0 Å². The molecule has 0 heterocycles. The van der Waals surface area contributed by atoms with Gasteiger partial charge < -0.3 is 16.2 Å². The largest absolute Gasteiger partial charge is 0.399 e. The Kier molecular flexibility index (Phi) is 4.23. The molecule has 0 aliphatic rings. The van der Waals surface area contributed by atoms with E-state index in [9.17, 15) is 0 Å². The summed E-state index contributed by atoms with van der Waals surface area (Å²) in [7, 11) is 0. The van der Waals surface area contributed by atoms with Crippen LogP contribution in [0.25, 0.3) is 0 Å². The van der Waals surface area contributed by atoms with Gasteiger partial charge in [0.05, 0.1) is 6.61 Å².